The number of hydroxylamine groups is 2. The van der Waals surface area contributed by atoms with Gasteiger partial charge in [-0.15, -0.1) is 0 Å². The van der Waals surface area contributed by atoms with Crippen LogP contribution in [0.4, 0.5) is 5.69 Å². The van der Waals surface area contributed by atoms with Gasteiger partial charge in [-0.25, -0.2) is 4.90 Å². The van der Waals surface area contributed by atoms with E-state index in [0.29, 0.717) is 17.0 Å². The van der Waals surface area contributed by atoms with Gasteiger partial charge in [0, 0.05) is 0 Å². The number of primary amides is 1. The quantitative estimate of drug-likeness (QED) is 0.767. The van der Waals surface area contributed by atoms with Gasteiger partial charge in [-0.05, 0) is 36.2 Å². The molecule has 0 spiro atoms. The first-order valence-electron chi connectivity index (χ1n) is 9.21. The van der Waals surface area contributed by atoms with Gasteiger partial charge >= 0.3 is 0 Å². The first kappa shape index (κ1) is 19.1. The lowest BCUT2D eigenvalue weighted by molar-refractivity contribution is -0.175. The van der Waals surface area contributed by atoms with Gasteiger partial charge in [0.15, 0.2) is 6.10 Å². The van der Waals surface area contributed by atoms with E-state index >= 15 is 0 Å². The minimum atomic E-state index is -1.02. The average molecular weight is 395 g/mol. The van der Waals surface area contributed by atoms with Crippen LogP contribution in [-0.2, 0) is 19.2 Å². The number of aryl methyl sites for hydroxylation is 1. The van der Waals surface area contributed by atoms with Gasteiger partial charge in [-0.3, -0.25) is 19.2 Å². The zero-order valence-electron chi connectivity index (χ0n) is 16.1. The van der Waals surface area contributed by atoms with E-state index in [1.807, 2.05) is 19.1 Å². The topological polar surface area (TPSA) is 102 Å². The maximum absolute atomic E-state index is 13.4. The molecule has 2 aliphatic heterocycles. The molecule has 2 aromatic rings. The molecule has 3 unspecified atom stereocenters. The number of nitrogens with two attached hydrogens (primary N) is 1. The van der Waals surface area contributed by atoms with E-state index in [9.17, 15) is 14.4 Å². The van der Waals surface area contributed by atoms with Crippen molar-refractivity contribution in [2.75, 3.05) is 18.6 Å². The Morgan fingerprint density at radius 1 is 1.14 bits per heavy atom. The molecule has 2 N–H and O–H groups in total. The van der Waals surface area contributed by atoms with Crippen LogP contribution in [0.15, 0.2) is 48.5 Å². The Hall–Kier alpha value is -3.23. The fourth-order valence-electron chi connectivity index (χ4n) is 4.01. The lowest BCUT2D eigenvalue weighted by atomic mass is 9.90. The van der Waals surface area contributed by atoms with E-state index in [0.717, 1.165) is 5.56 Å². The van der Waals surface area contributed by atoms with Crippen LogP contribution < -0.4 is 15.4 Å². The van der Waals surface area contributed by atoms with E-state index in [2.05, 4.69) is 0 Å². The highest BCUT2D eigenvalue weighted by molar-refractivity contribution is 6.24. The maximum atomic E-state index is 13.4. The Morgan fingerprint density at radius 2 is 1.90 bits per heavy atom. The van der Waals surface area contributed by atoms with E-state index < -0.39 is 29.9 Å². The van der Waals surface area contributed by atoms with Crippen LogP contribution in [0.2, 0.25) is 0 Å². The number of ether oxygens (including phenoxy) is 1. The molecule has 0 saturated carbocycles. The largest absolute Gasteiger partial charge is 0.497 e. The lowest BCUT2D eigenvalue weighted by Crippen LogP contribution is -2.40. The van der Waals surface area contributed by atoms with Crippen molar-refractivity contribution in [2.24, 2.45) is 11.7 Å². The molecule has 2 aliphatic rings. The van der Waals surface area contributed by atoms with Crippen LogP contribution in [0.3, 0.4) is 0 Å². The fraction of sp³-hybridized carbons (Fsp3) is 0.286. The molecule has 8 heteroatoms. The Bertz CT molecular complexity index is 992. The maximum Gasteiger partial charge on any atom is 0.265 e. The number of carbonyl (C=O) groups excluding carboxylic acids is 3. The summed E-state index contributed by atoms with van der Waals surface area (Å²) in [7, 11) is 1.54. The summed E-state index contributed by atoms with van der Waals surface area (Å²) in [6.45, 7) is 1.60. The molecule has 29 heavy (non-hydrogen) atoms. The molecule has 0 radical (unpaired) electrons. The lowest BCUT2D eigenvalue weighted by Gasteiger charge is -2.26. The van der Waals surface area contributed by atoms with Crippen molar-refractivity contribution < 1.29 is 24.0 Å². The van der Waals surface area contributed by atoms with Crippen molar-refractivity contribution in [1.82, 2.24) is 5.06 Å². The number of imide groups is 1. The Kier molecular flexibility index (Phi) is 4.81. The molecular formula is C21H21N3O5. The molecule has 2 fully saturated rings. The third-order valence-electron chi connectivity index (χ3n) is 5.30. The summed E-state index contributed by atoms with van der Waals surface area (Å²) in [6, 6.07) is 13.7. The number of nitrogens with zero attached hydrogens (tertiary/aromatic N) is 2. The molecule has 3 amide bonds. The molecule has 0 aliphatic carbocycles. The average Bonchev–Trinajstić information content (AvgIpc) is 3.17. The third kappa shape index (κ3) is 3.16. The molecule has 2 heterocycles. The number of amides is 3. The highest BCUT2D eigenvalue weighted by Crippen LogP contribution is 2.46. The molecule has 0 aromatic heterocycles. The monoisotopic (exact) mass is 395 g/mol. The van der Waals surface area contributed by atoms with Crippen molar-refractivity contribution in [3.8, 4) is 5.75 Å². The van der Waals surface area contributed by atoms with Crippen LogP contribution in [-0.4, -0.2) is 42.5 Å². The fourth-order valence-corrected chi connectivity index (χ4v) is 4.01. The van der Waals surface area contributed by atoms with E-state index in [-0.39, 0.29) is 12.5 Å². The van der Waals surface area contributed by atoms with Crippen molar-refractivity contribution in [3.63, 3.8) is 0 Å². The third-order valence-corrected chi connectivity index (χ3v) is 5.30. The second-order valence-corrected chi connectivity index (χ2v) is 7.11. The van der Waals surface area contributed by atoms with Crippen LogP contribution in [0, 0.1) is 12.8 Å². The molecule has 4 rings (SSSR count). The predicted octanol–water partition coefficient (Wildman–Crippen LogP) is 1.34. The van der Waals surface area contributed by atoms with Gasteiger partial charge in [0.25, 0.3) is 5.91 Å². The van der Waals surface area contributed by atoms with Gasteiger partial charge in [-0.1, -0.05) is 30.3 Å². The van der Waals surface area contributed by atoms with Gasteiger partial charge in [0.1, 0.15) is 12.3 Å². The molecule has 0 bridgehead atoms. The summed E-state index contributed by atoms with van der Waals surface area (Å²) in [6.07, 6.45) is -1.02. The normalized spacial score (nSPS) is 24.1. The molecule has 2 saturated heterocycles. The van der Waals surface area contributed by atoms with Crippen LogP contribution >= 0.6 is 0 Å². The standard InChI is InChI=1S/C21H21N3O5/c1-12-6-3-4-9-15(12)24-20(26)17-18(13-7-5-8-14(10-13)28-2)23(11-16(22)25)29-19(17)21(24)27/h3-10,17-19H,11H2,1-2H3,(H2,22,25). The number of methoxy groups -OCH3 is 1. The molecule has 150 valence electrons. The van der Waals surface area contributed by atoms with E-state index in [4.69, 9.17) is 15.3 Å². The molecular weight excluding hydrogens is 374 g/mol. The van der Waals surface area contributed by atoms with Gasteiger partial charge in [0.05, 0.1) is 24.8 Å². The second kappa shape index (κ2) is 7.31. The summed E-state index contributed by atoms with van der Waals surface area (Å²) >= 11 is 0. The minimum Gasteiger partial charge on any atom is -0.497 e. The summed E-state index contributed by atoms with van der Waals surface area (Å²) < 4.78 is 5.28. The smallest absolute Gasteiger partial charge is 0.265 e. The van der Waals surface area contributed by atoms with Crippen LogP contribution in [0.5, 0.6) is 5.75 Å². The first-order chi connectivity index (χ1) is 13.9. The Morgan fingerprint density at radius 3 is 2.59 bits per heavy atom. The number of fused-ring (bicyclic) bond motifs is 1. The molecule has 8 nitrogen and oxygen atoms in total. The number of anilines is 1. The zero-order chi connectivity index (χ0) is 20.7. The Labute approximate surface area is 167 Å². The second-order valence-electron chi connectivity index (χ2n) is 7.11. The van der Waals surface area contributed by atoms with Crippen molar-refractivity contribution in [3.05, 3.63) is 59.7 Å². The number of benzene rings is 2. The minimum absolute atomic E-state index is 0.236. The molecule has 3 atom stereocenters. The van der Waals surface area contributed by atoms with E-state index in [1.165, 1.54) is 9.96 Å². The summed E-state index contributed by atoms with van der Waals surface area (Å²) in [5.41, 5.74) is 7.40. The number of hydrogen-bond acceptors (Lipinski definition) is 6. The first-order valence-corrected chi connectivity index (χ1v) is 9.21. The van der Waals surface area contributed by atoms with Gasteiger partial charge in [-0.2, -0.15) is 5.06 Å². The Balaban J connectivity index is 1.76. The van der Waals surface area contributed by atoms with Crippen molar-refractivity contribution in [1.29, 1.82) is 0 Å². The number of rotatable bonds is 5. The summed E-state index contributed by atoms with van der Waals surface area (Å²) in [5.74, 6) is -1.64. The molecule has 2 aromatic carbocycles. The summed E-state index contributed by atoms with van der Waals surface area (Å²) in [5, 5.41) is 1.33. The van der Waals surface area contributed by atoms with Gasteiger partial charge < -0.3 is 10.5 Å². The van der Waals surface area contributed by atoms with Crippen molar-refractivity contribution >= 4 is 23.4 Å². The highest BCUT2D eigenvalue weighted by Gasteiger charge is 2.60. The number of para-hydroxylation sites is 1. The SMILES string of the molecule is COc1cccc(C2C3C(=O)N(c4ccccc4C)C(=O)C3ON2CC(N)=O)c1. The number of carbonyl (C=O) groups is 3. The summed E-state index contributed by atoms with van der Waals surface area (Å²) in [4.78, 5) is 45.0. The zero-order valence-corrected chi connectivity index (χ0v) is 16.1. The number of hydrogen-bond donors (Lipinski definition) is 1. The predicted molar refractivity (Wildman–Crippen MR) is 104 cm³/mol. The van der Waals surface area contributed by atoms with Crippen LogP contribution in [0.1, 0.15) is 17.2 Å². The highest BCUT2D eigenvalue weighted by atomic mass is 16.7. The van der Waals surface area contributed by atoms with Crippen molar-refractivity contribution in [2.45, 2.75) is 19.1 Å². The van der Waals surface area contributed by atoms with Crippen LogP contribution in [0.25, 0.3) is 0 Å². The van der Waals surface area contributed by atoms with E-state index in [1.54, 1.807) is 43.5 Å². The van der Waals surface area contributed by atoms with Gasteiger partial charge in [0.2, 0.25) is 11.8 Å².